The van der Waals surface area contributed by atoms with Crippen LogP contribution in [0.5, 0.6) is 0 Å². The second-order valence-electron chi connectivity index (χ2n) is 6.69. The van der Waals surface area contributed by atoms with E-state index in [0.717, 1.165) is 37.1 Å². The SMILES string of the molecule is O=C(O)c1cccc(CN2CCC(C(O)c3ccc(Cl)cc3)CC2)c1Cl. The lowest BCUT2D eigenvalue weighted by Crippen LogP contribution is -2.35. The van der Waals surface area contributed by atoms with Crippen molar-refractivity contribution >= 4 is 29.2 Å². The van der Waals surface area contributed by atoms with Crippen molar-refractivity contribution in [3.8, 4) is 0 Å². The van der Waals surface area contributed by atoms with Gasteiger partial charge in [-0.25, -0.2) is 4.79 Å². The Labute approximate surface area is 163 Å². The summed E-state index contributed by atoms with van der Waals surface area (Å²) in [5.41, 5.74) is 1.85. The van der Waals surface area contributed by atoms with E-state index >= 15 is 0 Å². The van der Waals surface area contributed by atoms with Crippen molar-refractivity contribution in [2.24, 2.45) is 5.92 Å². The summed E-state index contributed by atoms with van der Waals surface area (Å²) in [6, 6.07) is 12.4. The fourth-order valence-corrected chi connectivity index (χ4v) is 3.86. The summed E-state index contributed by atoms with van der Waals surface area (Å²) in [4.78, 5) is 13.5. The molecule has 0 aliphatic carbocycles. The predicted molar refractivity (Wildman–Crippen MR) is 103 cm³/mol. The van der Waals surface area contributed by atoms with Crippen molar-refractivity contribution < 1.29 is 15.0 Å². The van der Waals surface area contributed by atoms with E-state index < -0.39 is 12.1 Å². The minimum absolute atomic E-state index is 0.136. The Hall–Kier alpha value is -1.59. The van der Waals surface area contributed by atoms with Gasteiger partial charge in [-0.3, -0.25) is 4.90 Å². The van der Waals surface area contributed by atoms with Crippen molar-refractivity contribution in [1.29, 1.82) is 0 Å². The fraction of sp³-hybridized carbons (Fsp3) is 0.350. The number of benzene rings is 2. The Bertz CT molecular complexity index is 771. The molecule has 3 rings (SSSR count). The molecule has 138 valence electrons. The zero-order valence-electron chi connectivity index (χ0n) is 14.2. The number of halogens is 2. The van der Waals surface area contributed by atoms with Crippen LogP contribution in [0.2, 0.25) is 10.0 Å². The Morgan fingerprint density at radius 3 is 2.38 bits per heavy atom. The third-order valence-corrected chi connectivity index (χ3v) is 5.69. The minimum atomic E-state index is -1.01. The lowest BCUT2D eigenvalue weighted by molar-refractivity contribution is 0.0567. The molecule has 1 atom stereocenters. The van der Waals surface area contributed by atoms with Crippen LogP contribution in [0.15, 0.2) is 42.5 Å². The lowest BCUT2D eigenvalue weighted by Gasteiger charge is -2.34. The molecule has 1 unspecified atom stereocenters. The largest absolute Gasteiger partial charge is 0.478 e. The molecule has 2 N–H and O–H groups in total. The van der Waals surface area contributed by atoms with Crippen LogP contribution in [-0.2, 0) is 6.54 Å². The maximum Gasteiger partial charge on any atom is 0.337 e. The van der Waals surface area contributed by atoms with Gasteiger partial charge >= 0.3 is 5.97 Å². The van der Waals surface area contributed by atoms with Crippen LogP contribution >= 0.6 is 23.2 Å². The third-order valence-electron chi connectivity index (χ3n) is 4.99. The van der Waals surface area contributed by atoms with Gasteiger partial charge in [0.15, 0.2) is 0 Å². The number of hydrogen-bond donors (Lipinski definition) is 2. The highest BCUT2D eigenvalue weighted by molar-refractivity contribution is 6.34. The van der Waals surface area contributed by atoms with Crippen LogP contribution in [0.1, 0.15) is 40.4 Å². The van der Waals surface area contributed by atoms with Crippen molar-refractivity contribution in [1.82, 2.24) is 4.90 Å². The first-order valence-corrected chi connectivity index (χ1v) is 9.38. The standard InChI is InChI=1S/C20H21Cl2NO3/c21-16-6-4-13(5-7-16)19(24)14-8-10-23(11-9-14)12-15-2-1-3-17(18(15)22)20(25)26/h1-7,14,19,24H,8-12H2,(H,25,26). The molecule has 1 aliphatic heterocycles. The Morgan fingerprint density at radius 1 is 1.12 bits per heavy atom. The van der Waals surface area contributed by atoms with Crippen molar-refractivity contribution in [2.45, 2.75) is 25.5 Å². The van der Waals surface area contributed by atoms with E-state index in [0.29, 0.717) is 16.6 Å². The number of rotatable bonds is 5. The first-order valence-electron chi connectivity index (χ1n) is 8.62. The third kappa shape index (κ3) is 4.38. The molecule has 1 fully saturated rings. The minimum Gasteiger partial charge on any atom is -0.478 e. The van der Waals surface area contributed by atoms with E-state index in [1.807, 2.05) is 18.2 Å². The van der Waals surface area contributed by atoms with Crippen LogP contribution < -0.4 is 0 Å². The van der Waals surface area contributed by atoms with Crippen molar-refractivity contribution in [2.75, 3.05) is 13.1 Å². The number of aliphatic hydroxyl groups excluding tert-OH is 1. The van der Waals surface area contributed by atoms with Gasteiger partial charge in [0.25, 0.3) is 0 Å². The summed E-state index contributed by atoms with van der Waals surface area (Å²) >= 11 is 12.1. The van der Waals surface area contributed by atoms with Crippen molar-refractivity contribution in [3.63, 3.8) is 0 Å². The van der Waals surface area contributed by atoms with Crippen molar-refractivity contribution in [3.05, 3.63) is 69.2 Å². The molecule has 0 amide bonds. The lowest BCUT2D eigenvalue weighted by atomic mass is 9.87. The highest BCUT2D eigenvalue weighted by Gasteiger charge is 2.26. The number of carboxylic acid groups (broad SMARTS) is 1. The summed E-state index contributed by atoms with van der Waals surface area (Å²) in [6.45, 7) is 2.29. The van der Waals surface area contributed by atoms with Gasteiger partial charge in [0.2, 0.25) is 0 Å². The fourth-order valence-electron chi connectivity index (χ4n) is 3.47. The zero-order chi connectivity index (χ0) is 18.7. The number of aromatic carboxylic acids is 1. The van der Waals surface area contributed by atoms with Gasteiger partial charge in [0.1, 0.15) is 0 Å². The topological polar surface area (TPSA) is 60.8 Å². The first kappa shape index (κ1) is 19.2. The maximum atomic E-state index is 11.2. The number of likely N-dealkylation sites (tertiary alicyclic amines) is 1. The van der Waals surface area contributed by atoms with Gasteiger partial charge in [0.05, 0.1) is 16.7 Å². The summed E-state index contributed by atoms with van der Waals surface area (Å²) in [5, 5.41) is 20.8. The van der Waals surface area contributed by atoms with E-state index in [4.69, 9.17) is 23.2 Å². The molecule has 2 aromatic carbocycles. The molecule has 0 radical (unpaired) electrons. The Balaban J connectivity index is 1.60. The highest BCUT2D eigenvalue weighted by atomic mass is 35.5. The number of piperidine rings is 1. The predicted octanol–water partition coefficient (Wildman–Crippen LogP) is 4.64. The molecule has 1 heterocycles. The van der Waals surface area contributed by atoms with E-state index in [9.17, 15) is 15.0 Å². The molecule has 6 heteroatoms. The van der Waals surface area contributed by atoms with Crippen LogP contribution in [-0.4, -0.2) is 34.2 Å². The zero-order valence-corrected chi connectivity index (χ0v) is 15.7. The van der Waals surface area contributed by atoms with Gasteiger partial charge in [-0.2, -0.15) is 0 Å². The molecule has 2 aromatic rings. The smallest absolute Gasteiger partial charge is 0.337 e. The van der Waals surface area contributed by atoms with Crippen LogP contribution in [0.3, 0.4) is 0 Å². The summed E-state index contributed by atoms with van der Waals surface area (Å²) in [6.07, 6.45) is 1.26. The molecule has 1 aliphatic rings. The monoisotopic (exact) mass is 393 g/mol. The molecular formula is C20H21Cl2NO3. The average Bonchev–Trinajstić information content (AvgIpc) is 2.64. The second kappa shape index (κ2) is 8.40. The number of nitrogens with zero attached hydrogens (tertiary/aromatic N) is 1. The van der Waals surface area contributed by atoms with Crippen LogP contribution in [0, 0.1) is 5.92 Å². The molecule has 4 nitrogen and oxygen atoms in total. The quantitative estimate of drug-likeness (QED) is 0.776. The van der Waals surface area contributed by atoms with E-state index in [-0.39, 0.29) is 11.5 Å². The molecule has 26 heavy (non-hydrogen) atoms. The molecule has 0 saturated carbocycles. The number of hydrogen-bond acceptors (Lipinski definition) is 3. The Kier molecular flexibility index (Phi) is 6.20. The molecular weight excluding hydrogens is 373 g/mol. The average molecular weight is 394 g/mol. The first-order chi connectivity index (χ1) is 12.5. The Morgan fingerprint density at radius 2 is 1.77 bits per heavy atom. The van der Waals surface area contributed by atoms with Gasteiger partial charge in [0, 0.05) is 11.6 Å². The van der Waals surface area contributed by atoms with Crippen LogP contribution in [0.4, 0.5) is 0 Å². The highest BCUT2D eigenvalue weighted by Crippen LogP contribution is 2.32. The van der Waals surface area contributed by atoms with Gasteiger partial charge < -0.3 is 10.2 Å². The second-order valence-corrected chi connectivity index (χ2v) is 7.51. The summed E-state index contributed by atoms with van der Waals surface area (Å²) < 4.78 is 0. The number of carboxylic acids is 1. The number of aliphatic hydroxyl groups is 1. The van der Waals surface area contributed by atoms with Crippen LogP contribution in [0.25, 0.3) is 0 Å². The molecule has 0 spiro atoms. The number of carbonyl (C=O) groups is 1. The summed E-state index contributed by atoms with van der Waals surface area (Å²) in [7, 11) is 0. The molecule has 0 aromatic heterocycles. The molecule has 1 saturated heterocycles. The van der Waals surface area contributed by atoms with E-state index in [2.05, 4.69) is 4.90 Å². The van der Waals surface area contributed by atoms with Gasteiger partial charge in [-0.15, -0.1) is 0 Å². The van der Waals surface area contributed by atoms with E-state index in [1.54, 1.807) is 18.2 Å². The van der Waals surface area contributed by atoms with E-state index in [1.165, 1.54) is 6.07 Å². The normalized spacial score (nSPS) is 17.2. The summed E-state index contributed by atoms with van der Waals surface area (Å²) in [5.74, 6) is -0.810. The van der Waals surface area contributed by atoms with Gasteiger partial charge in [-0.05, 0) is 61.2 Å². The molecule has 0 bridgehead atoms. The maximum absolute atomic E-state index is 11.2. The van der Waals surface area contributed by atoms with Gasteiger partial charge in [-0.1, -0.05) is 47.5 Å².